The second-order valence-corrected chi connectivity index (χ2v) is 16.1. The first kappa shape index (κ1) is 35.7. The number of allylic oxidation sites excluding steroid dienone is 2. The summed E-state index contributed by atoms with van der Waals surface area (Å²) in [6.07, 6.45) is 7.36. The number of rotatable bonds is 10. The molecule has 6 aromatic carbocycles. The van der Waals surface area contributed by atoms with Crippen molar-refractivity contribution in [1.29, 1.82) is 0 Å². The highest BCUT2D eigenvalue weighted by Crippen LogP contribution is 2.57. The first-order valence-corrected chi connectivity index (χ1v) is 20.1. The SMILES string of the molecule is CC=Cc1cc(C2(c3ccc(OS(=O)(=O)c4ccc(C)cc4)c(C=CC)c3)c3ccccc3-c3ccccc32)ccc1OS(=O)(=O)c1ccc(C)cc1. The number of benzene rings is 6. The topological polar surface area (TPSA) is 86.7 Å². The van der Waals surface area contributed by atoms with Crippen LogP contribution in [0.15, 0.2) is 155 Å². The Hall–Kier alpha value is -5.70. The molecule has 266 valence electrons. The Morgan fingerprint density at radius 2 is 0.868 bits per heavy atom. The maximum Gasteiger partial charge on any atom is 0.339 e. The van der Waals surface area contributed by atoms with Crippen molar-refractivity contribution in [2.45, 2.75) is 42.9 Å². The second kappa shape index (κ2) is 14.0. The van der Waals surface area contributed by atoms with Crippen LogP contribution in [0.5, 0.6) is 11.5 Å². The summed E-state index contributed by atoms with van der Waals surface area (Å²) in [5.41, 5.74) is 8.08. The third-order valence-corrected chi connectivity index (χ3v) is 12.0. The number of aryl methyl sites for hydroxylation is 2. The van der Waals surface area contributed by atoms with Gasteiger partial charge in [0.1, 0.15) is 21.3 Å². The normalized spacial score (nSPS) is 13.6. The van der Waals surface area contributed by atoms with Gasteiger partial charge in [-0.05, 0) is 110 Å². The van der Waals surface area contributed by atoms with Crippen LogP contribution < -0.4 is 8.37 Å². The van der Waals surface area contributed by atoms with E-state index in [4.69, 9.17) is 8.37 Å². The van der Waals surface area contributed by atoms with Crippen molar-refractivity contribution in [1.82, 2.24) is 0 Å². The third-order valence-electron chi connectivity index (χ3n) is 9.55. The Labute approximate surface area is 312 Å². The fourth-order valence-electron chi connectivity index (χ4n) is 7.10. The summed E-state index contributed by atoms with van der Waals surface area (Å²) in [4.78, 5) is 0.133. The molecule has 0 unspecified atom stereocenters. The van der Waals surface area contributed by atoms with Crippen molar-refractivity contribution < 1.29 is 25.2 Å². The first-order chi connectivity index (χ1) is 25.5. The minimum Gasteiger partial charge on any atom is -0.378 e. The average Bonchev–Trinajstić information content (AvgIpc) is 3.45. The smallest absolute Gasteiger partial charge is 0.339 e. The minimum absolute atomic E-state index is 0.0666. The molecule has 6 nitrogen and oxygen atoms in total. The van der Waals surface area contributed by atoms with Gasteiger partial charge in [-0.3, -0.25) is 0 Å². The van der Waals surface area contributed by atoms with Crippen LogP contribution in [0.1, 0.15) is 58.4 Å². The quantitative estimate of drug-likeness (QED) is 0.130. The molecule has 0 N–H and O–H groups in total. The summed E-state index contributed by atoms with van der Waals surface area (Å²) in [6, 6.07) is 40.8. The van der Waals surface area contributed by atoms with Gasteiger partial charge in [0.05, 0.1) is 5.41 Å². The van der Waals surface area contributed by atoms with Crippen molar-refractivity contribution in [2.75, 3.05) is 0 Å². The van der Waals surface area contributed by atoms with Crippen LogP contribution in [0.3, 0.4) is 0 Å². The maximum absolute atomic E-state index is 13.5. The molecule has 0 aliphatic heterocycles. The molecule has 0 heterocycles. The third kappa shape index (κ3) is 6.49. The number of fused-ring (bicyclic) bond motifs is 3. The largest absolute Gasteiger partial charge is 0.378 e. The number of hydrogen-bond acceptors (Lipinski definition) is 6. The van der Waals surface area contributed by atoms with Crippen LogP contribution in [-0.2, 0) is 25.7 Å². The molecule has 0 fully saturated rings. The van der Waals surface area contributed by atoms with E-state index in [2.05, 4.69) is 24.3 Å². The summed E-state index contributed by atoms with van der Waals surface area (Å²) in [5, 5.41) is 0. The fraction of sp³-hybridized carbons (Fsp3) is 0.111. The molecular formula is C45H38O6S2. The fourth-order valence-corrected chi connectivity index (χ4v) is 9.01. The molecule has 0 amide bonds. The van der Waals surface area contributed by atoms with Gasteiger partial charge in [-0.15, -0.1) is 0 Å². The lowest BCUT2D eigenvalue weighted by molar-refractivity contribution is 0.483. The first-order valence-electron chi connectivity index (χ1n) is 17.2. The lowest BCUT2D eigenvalue weighted by atomic mass is 9.67. The van der Waals surface area contributed by atoms with Gasteiger partial charge in [0.25, 0.3) is 0 Å². The summed E-state index contributed by atoms with van der Waals surface area (Å²) >= 11 is 0. The molecule has 53 heavy (non-hydrogen) atoms. The van der Waals surface area contributed by atoms with E-state index in [1.807, 2.05) is 101 Å². The van der Waals surface area contributed by atoms with Gasteiger partial charge >= 0.3 is 20.2 Å². The van der Waals surface area contributed by atoms with Crippen LogP contribution in [-0.4, -0.2) is 16.8 Å². The van der Waals surface area contributed by atoms with E-state index in [0.29, 0.717) is 11.1 Å². The van der Waals surface area contributed by atoms with Gasteiger partial charge in [0.15, 0.2) is 0 Å². The summed E-state index contributed by atoms with van der Waals surface area (Å²) in [5.74, 6) is 0.392. The molecule has 0 atom stereocenters. The molecule has 1 aliphatic rings. The average molecular weight is 739 g/mol. The lowest BCUT2D eigenvalue weighted by Gasteiger charge is -2.34. The zero-order valence-corrected chi connectivity index (χ0v) is 31.4. The Balaban J connectivity index is 1.43. The molecule has 0 bridgehead atoms. The summed E-state index contributed by atoms with van der Waals surface area (Å²) < 4.78 is 65.4. The number of hydrogen-bond donors (Lipinski definition) is 0. The maximum atomic E-state index is 13.5. The molecule has 7 rings (SSSR count). The standard InChI is InChI=1S/C45H38O6S2/c1-5-11-33-29-35(21-27-43(33)50-52(46,47)37-23-17-31(3)18-24-37)45(41-15-9-7-13-39(41)40-14-8-10-16-42(40)45)36-22-28-44(34(30-36)12-6-2)51-53(48,49)38-25-19-32(4)20-26-38/h5-30H,1-4H3. The van der Waals surface area contributed by atoms with E-state index in [9.17, 15) is 16.8 Å². The molecule has 0 saturated carbocycles. The van der Waals surface area contributed by atoms with Gasteiger partial charge in [0, 0.05) is 11.1 Å². The van der Waals surface area contributed by atoms with Crippen molar-refractivity contribution in [3.8, 4) is 22.6 Å². The van der Waals surface area contributed by atoms with Crippen molar-refractivity contribution >= 4 is 32.4 Å². The van der Waals surface area contributed by atoms with E-state index in [1.165, 1.54) is 24.3 Å². The van der Waals surface area contributed by atoms with E-state index in [0.717, 1.165) is 44.5 Å². The molecule has 0 saturated heterocycles. The van der Waals surface area contributed by atoms with Crippen molar-refractivity contribution in [3.63, 3.8) is 0 Å². The Morgan fingerprint density at radius 1 is 0.491 bits per heavy atom. The summed E-state index contributed by atoms with van der Waals surface area (Å²) in [6.45, 7) is 7.52. The van der Waals surface area contributed by atoms with E-state index in [1.54, 1.807) is 36.4 Å². The van der Waals surface area contributed by atoms with Gasteiger partial charge in [0.2, 0.25) is 0 Å². The molecule has 8 heteroatoms. The van der Waals surface area contributed by atoms with Crippen LogP contribution in [0.25, 0.3) is 23.3 Å². The molecule has 0 spiro atoms. The highest BCUT2D eigenvalue weighted by atomic mass is 32.2. The zero-order valence-electron chi connectivity index (χ0n) is 29.8. The minimum atomic E-state index is -4.13. The van der Waals surface area contributed by atoms with E-state index in [-0.39, 0.29) is 21.3 Å². The molecule has 0 aromatic heterocycles. The highest BCUT2D eigenvalue weighted by Gasteiger charge is 2.46. The molecule has 6 aromatic rings. The predicted molar refractivity (Wildman–Crippen MR) is 211 cm³/mol. The molecule has 0 radical (unpaired) electrons. The monoisotopic (exact) mass is 738 g/mol. The van der Waals surface area contributed by atoms with Crippen LogP contribution in [0.2, 0.25) is 0 Å². The second-order valence-electron chi connectivity index (χ2n) is 13.0. The van der Waals surface area contributed by atoms with Crippen LogP contribution in [0, 0.1) is 13.8 Å². The molecule has 1 aliphatic carbocycles. The highest BCUT2D eigenvalue weighted by molar-refractivity contribution is 7.87. The van der Waals surface area contributed by atoms with Crippen molar-refractivity contribution in [3.05, 3.63) is 190 Å². The zero-order chi connectivity index (χ0) is 37.4. The Morgan fingerprint density at radius 3 is 1.25 bits per heavy atom. The van der Waals surface area contributed by atoms with Crippen LogP contribution >= 0.6 is 0 Å². The Bertz CT molecular complexity index is 2440. The van der Waals surface area contributed by atoms with Gasteiger partial charge in [-0.1, -0.05) is 120 Å². The van der Waals surface area contributed by atoms with E-state index >= 15 is 0 Å². The predicted octanol–water partition coefficient (Wildman–Crippen LogP) is 10.3. The Kier molecular flexibility index (Phi) is 9.45. The lowest BCUT2D eigenvalue weighted by Crippen LogP contribution is -2.29. The molecular weight excluding hydrogens is 701 g/mol. The summed E-state index contributed by atoms with van der Waals surface area (Å²) in [7, 11) is -8.25. The van der Waals surface area contributed by atoms with Crippen molar-refractivity contribution in [2.24, 2.45) is 0 Å². The van der Waals surface area contributed by atoms with E-state index < -0.39 is 25.7 Å². The van der Waals surface area contributed by atoms with Crippen LogP contribution in [0.4, 0.5) is 0 Å². The van der Waals surface area contributed by atoms with Gasteiger partial charge < -0.3 is 8.37 Å². The van der Waals surface area contributed by atoms with Gasteiger partial charge in [-0.25, -0.2) is 0 Å². The van der Waals surface area contributed by atoms with Gasteiger partial charge in [-0.2, -0.15) is 16.8 Å².